The second-order valence-corrected chi connectivity index (χ2v) is 7.33. The normalized spacial score (nSPS) is 11.7. The molecule has 0 N–H and O–H groups in total. The lowest BCUT2D eigenvalue weighted by atomic mass is 10.1. The van der Waals surface area contributed by atoms with E-state index in [0.717, 1.165) is 5.56 Å². The SMILES string of the molecule is Cc1cc(S(=O)(=O)Cl)c(C)c(C)c1OCc1ncnn1C. The Morgan fingerprint density at radius 1 is 1.29 bits per heavy atom. The molecule has 0 spiro atoms. The summed E-state index contributed by atoms with van der Waals surface area (Å²) in [6, 6.07) is 1.52. The summed E-state index contributed by atoms with van der Waals surface area (Å²) >= 11 is 0. The number of rotatable bonds is 4. The quantitative estimate of drug-likeness (QED) is 0.804. The lowest BCUT2D eigenvalue weighted by Crippen LogP contribution is -2.07. The van der Waals surface area contributed by atoms with Gasteiger partial charge in [-0.3, -0.25) is 4.68 Å². The molecule has 114 valence electrons. The summed E-state index contributed by atoms with van der Waals surface area (Å²) in [4.78, 5) is 4.20. The zero-order valence-corrected chi connectivity index (χ0v) is 13.8. The monoisotopic (exact) mass is 329 g/mol. The predicted molar refractivity (Wildman–Crippen MR) is 79.0 cm³/mol. The van der Waals surface area contributed by atoms with E-state index in [9.17, 15) is 8.42 Å². The molecule has 1 aromatic heterocycles. The Kier molecular flexibility index (Phi) is 4.25. The highest BCUT2D eigenvalue weighted by Gasteiger charge is 2.19. The second kappa shape index (κ2) is 5.65. The maximum Gasteiger partial charge on any atom is 0.261 e. The average molecular weight is 330 g/mol. The molecule has 21 heavy (non-hydrogen) atoms. The van der Waals surface area contributed by atoms with Gasteiger partial charge in [0.1, 0.15) is 18.7 Å². The zero-order chi connectivity index (χ0) is 15.8. The van der Waals surface area contributed by atoms with Gasteiger partial charge in [0.15, 0.2) is 5.82 Å². The Hall–Kier alpha value is -1.60. The molecule has 0 atom stereocenters. The summed E-state index contributed by atoms with van der Waals surface area (Å²) in [5.41, 5.74) is 2.04. The first-order valence-electron chi connectivity index (χ1n) is 6.23. The molecular formula is C13H16ClN3O3S. The molecule has 0 amide bonds. The van der Waals surface area contributed by atoms with E-state index in [1.807, 2.05) is 0 Å². The molecule has 6 nitrogen and oxygen atoms in total. The molecule has 8 heteroatoms. The number of hydrogen-bond donors (Lipinski definition) is 0. The van der Waals surface area contributed by atoms with Crippen molar-refractivity contribution in [3.8, 4) is 5.75 Å². The van der Waals surface area contributed by atoms with Crippen molar-refractivity contribution in [1.82, 2.24) is 14.8 Å². The van der Waals surface area contributed by atoms with Crippen molar-refractivity contribution in [2.75, 3.05) is 0 Å². The van der Waals surface area contributed by atoms with Gasteiger partial charge in [0.05, 0.1) is 4.90 Å². The Balaban J connectivity index is 2.38. The van der Waals surface area contributed by atoms with Gasteiger partial charge in [-0.15, -0.1) is 0 Å². The van der Waals surface area contributed by atoms with E-state index < -0.39 is 9.05 Å². The smallest absolute Gasteiger partial charge is 0.261 e. The van der Waals surface area contributed by atoms with Crippen LogP contribution in [0.2, 0.25) is 0 Å². The molecule has 1 aromatic carbocycles. The fourth-order valence-electron chi connectivity index (χ4n) is 2.08. The molecule has 0 aliphatic rings. The van der Waals surface area contributed by atoms with Gasteiger partial charge in [-0.05, 0) is 43.5 Å². The van der Waals surface area contributed by atoms with Gasteiger partial charge in [-0.2, -0.15) is 5.10 Å². The molecule has 0 fully saturated rings. The van der Waals surface area contributed by atoms with Gasteiger partial charge in [-0.1, -0.05) is 0 Å². The van der Waals surface area contributed by atoms with Crippen molar-refractivity contribution in [2.45, 2.75) is 32.3 Å². The Morgan fingerprint density at radius 2 is 1.95 bits per heavy atom. The highest BCUT2D eigenvalue weighted by molar-refractivity contribution is 8.13. The fraction of sp³-hybridized carbons (Fsp3) is 0.385. The second-order valence-electron chi connectivity index (χ2n) is 4.80. The third kappa shape index (κ3) is 3.19. The van der Waals surface area contributed by atoms with E-state index in [-0.39, 0.29) is 11.5 Å². The van der Waals surface area contributed by atoms with Gasteiger partial charge in [-0.25, -0.2) is 13.4 Å². The van der Waals surface area contributed by atoms with Crippen molar-refractivity contribution < 1.29 is 13.2 Å². The molecule has 0 aliphatic carbocycles. The van der Waals surface area contributed by atoms with Gasteiger partial charge < -0.3 is 4.74 Å². The van der Waals surface area contributed by atoms with Crippen molar-refractivity contribution in [2.24, 2.45) is 7.05 Å². The van der Waals surface area contributed by atoms with Crippen LogP contribution in [0, 0.1) is 20.8 Å². The molecule has 0 radical (unpaired) electrons. The van der Waals surface area contributed by atoms with Crippen LogP contribution in [0.25, 0.3) is 0 Å². The van der Waals surface area contributed by atoms with Crippen molar-refractivity contribution in [3.63, 3.8) is 0 Å². The van der Waals surface area contributed by atoms with Crippen LogP contribution in [0.4, 0.5) is 0 Å². The third-order valence-corrected chi connectivity index (χ3v) is 4.84. The molecule has 0 saturated heterocycles. The largest absolute Gasteiger partial charge is 0.485 e. The summed E-state index contributed by atoms with van der Waals surface area (Å²) in [5.74, 6) is 1.32. The molecule has 0 bridgehead atoms. The van der Waals surface area contributed by atoms with E-state index in [2.05, 4.69) is 10.1 Å². The molecule has 2 aromatic rings. The zero-order valence-electron chi connectivity index (χ0n) is 12.2. The summed E-state index contributed by atoms with van der Waals surface area (Å²) in [7, 11) is 3.46. The first-order chi connectivity index (χ1) is 9.71. The Morgan fingerprint density at radius 3 is 2.48 bits per heavy atom. The molecule has 0 aliphatic heterocycles. The lowest BCUT2D eigenvalue weighted by Gasteiger charge is -2.16. The summed E-state index contributed by atoms with van der Waals surface area (Å²) in [5, 5.41) is 3.97. The van der Waals surface area contributed by atoms with Gasteiger partial charge in [0, 0.05) is 17.7 Å². The number of nitrogens with zero attached hydrogens (tertiary/aromatic N) is 3. The molecule has 0 saturated carbocycles. The summed E-state index contributed by atoms with van der Waals surface area (Å²) in [6.45, 7) is 5.55. The maximum absolute atomic E-state index is 11.6. The maximum atomic E-state index is 11.6. The van der Waals surface area contributed by atoms with Crippen LogP contribution in [-0.2, 0) is 22.7 Å². The molecular weight excluding hydrogens is 314 g/mol. The van der Waals surface area contributed by atoms with Gasteiger partial charge >= 0.3 is 0 Å². The number of ether oxygens (including phenoxy) is 1. The van der Waals surface area contributed by atoms with Gasteiger partial charge in [0.25, 0.3) is 9.05 Å². The topological polar surface area (TPSA) is 74.1 Å². The Labute approximate surface area is 128 Å². The molecule has 0 unspecified atom stereocenters. The lowest BCUT2D eigenvalue weighted by molar-refractivity contribution is 0.285. The van der Waals surface area contributed by atoms with Gasteiger partial charge in [0.2, 0.25) is 0 Å². The minimum atomic E-state index is -3.77. The molecule has 1 heterocycles. The van der Waals surface area contributed by atoms with Crippen LogP contribution < -0.4 is 4.74 Å². The Bertz CT molecular complexity index is 784. The van der Waals surface area contributed by atoms with Crippen LogP contribution in [0.3, 0.4) is 0 Å². The van der Waals surface area contributed by atoms with Crippen LogP contribution in [-0.4, -0.2) is 23.2 Å². The van der Waals surface area contributed by atoms with Crippen LogP contribution in [0.1, 0.15) is 22.5 Å². The first kappa shape index (κ1) is 15.8. The predicted octanol–water partition coefficient (Wildman–Crippen LogP) is 2.25. The standard InChI is InChI=1S/C13H16ClN3O3S/c1-8-5-11(21(14,18)19)9(2)10(3)13(8)20-6-12-15-7-16-17(12)4/h5,7H,6H2,1-4H3. The number of aromatic nitrogens is 3. The summed E-state index contributed by atoms with van der Waals surface area (Å²) in [6.07, 6.45) is 1.45. The number of hydrogen-bond acceptors (Lipinski definition) is 5. The van der Waals surface area contributed by atoms with Crippen LogP contribution in [0.15, 0.2) is 17.3 Å². The average Bonchev–Trinajstić information content (AvgIpc) is 2.78. The van der Waals surface area contributed by atoms with Crippen LogP contribution >= 0.6 is 10.7 Å². The van der Waals surface area contributed by atoms with Crippen molar-refractivity contribution in [3.05, 3.63) is 34.9 Å². The highest BCUT2D eigenvalue weighted by atomic mass is 35.7. The number of aryl methyl sites for hydroxylation is 2. The first-order valence-corrected chi connectivity index (χ1v) is 8.54. The van der Waals surface area contributed by atoms with Crippen molar-refractivity contribution in [1.29, 1.82) is 0 Å². The molecule has 2 rings (SSSR count). The van der Waals surface area contributed by atoms with E-state index in [4.69, 9.17) is 15.4 Å². The fourth-order valence-corrected chi connectivity index (χ4v) is 3.40. The highest BCUT2D eigenvalue weighted by Crippen LogP contribution is 2.32. The van der Waals surface area contributed by atoms with E-state index in [1.54, 1.807) is 32.5 Å². The number of benzene rings is 1. The number of halogens is 1. The van der Waals surface area contributed by atoms with E-state index in [0.29, 0.717) is 22.7 Å². The minimum Gasteiger partial charge on any atom is -0.485 e. The summed E-state index contributed by atoms with van der Waals surface area (Å²) < 4.78 is 30.5. The minimum absolute atomic E-state index is 0.116. The van der Waals surface area contributed by atoms with Crippen LogP contribution in [0.5, 0.6) is 5.75 Å². The van der Waals surface area contributed by atoms with E-state index in [1.165, 1.54) is 12.4 Å². The van der Waals surface area contributed by atoms with Crippen molar-refractivity contribution >= 4 is 19.7 Å². The third-order valence-electron chi connectivity index (χ3n) is 3.39. The van der Waals surface area contributed by atoms with E-state index >= 15 is 0 Å².